The third-order valence-electron chi connectivity index (χ3n) is 3.45. The first kappa shape index (κ1) is 19.2. The van der Waals surface area contributed by atoms with Crippen LogP contribution in [-0.2, 0) is 5.41 Å². The Balaban J connectivity index is 0.000000209. The number of nitrogens with two attached hydrogens (primary N) is 2. The van der Waals surface area contributed by atoms with E-state index in [2.05, 4.69) is 41.2 Å². The van der Waals surface area contributed by atoms with Crippen LogP contribution < -0.4 is 16.8 Å². The van der Waals surface area contributed by atoms with Crippen LogP contribution in [0.15, 0.2) is 40.9 Å². The molecule has 3 aromatic rings. The van der Waals surface area contributed by atoms with E-state index in [-0.39, 0.29) is 11.4 Å². The highest BCUT2D eigenvalue weighted by molar-refractivity contribution is 5.59. The zero-order chi connectivity index (χ0) is 19.3. The number of aryl methyl sites for hydroxylation is 2. The lowest BCUT2D eigenvalue weighted by atomic mass is 9.93. The van der Waals surface area contributed by atoms with Gasteiger partial charge in [0.2, 0.25) is 5.95 Å². The molecule has 0 spiro atoms. The lowest BCUT2D eigenvalue weighted by Gasteiger charge is -2.11. The first-order chi connectivity index (χ1) is 12.1. The molecule has 0 aliphatic carbocycles. The Morgan fingerprint density at radius 3 is 2.08 bits per heavy atom. The Labute approximate surface area is 153 Å². The molecule has 7 nitrogen and oxygen atoms in total. The van der Waals surface area contributed by atoms with Gasteiger partial charge in [0.05, 0.1) is 5.69 Å². The van der Waals surface area contributed by atoms with E-state index in [0.29, 0.717) is 11.6 Å². The number of anilines is 4. The maximum atomic E-state index is 5.57. The van der Waals surface area contributed by atoms with Gasteiger partial charge in [0.25, 0.3) is 0 Å². The molecule has 5 N–H and O–H groups in total. The van der Waals surface area contributed by atoms with Crippen molar-refractivity contribution in [1.29, 1.82) is 0 Å². The van der Waals surface area contributed by atoms with Gasteiger partial charge < -0.3 is 21.3 Å². The summed E-state index contributed by atoms with van der Waals surface area (Å²) in [4.78, 5) is 7.82. The molecule has 7 heteroatoms. The summed E-state index contributed by atoms with van der Waals surface area (Å²) in [7, 11) is 0. The fraction of sp³-hybridized carbons (Fsp3) is 0.316. The van der Waals surface area contributed by atoms with Gasteiger partial charge in [-0.15, -0.1) is 0 Å². The Hall–Kier alpha value is -3.09. The van der Waals surface area contributed by atoms with Gasteiger partial charge in [-0.25, -0.2) is 0 Å². The van der Waals surface area contributed by atoms with Gasteiger partial charge in [-0.3, -0.25) is 0 Å². The van der Waals surface area contributed by atoms with Gasteiger partial charge in [-0.2, -0.15) is 9.97 Å². The average molecular weight is 354 g/mol. The number of nitrogen functional groups attached to an aromatic ring is 2. The fourth-order valence-corrected chi connectivity index (χ4v) is 2.05. The maximum Gasteiger partial charge on any atom is 0.223 e. The van der Waals surface area contributed by atoms with Crippen LogP contribution in [0.1, 0.15) is 37.8 Å². The van der Waals surface area contributed by atoms with Crippen LogP contribution in [0.4, 0.5) is 23.3 Å². The highest BCUT2D eigenvalue weighted by atomic mass is 16.5. The van der Waals surface area contributed by atoms with Gasteiger partial charge in [-0.1, -0.05) is 43.6 Å². The van der Waals surface area contributed by atoms with Crippen molar-refractivity contribution in [2.24, 2.45) is 0 Å². The van der Waals surface area contributed by atoms with Crippen LogP contribution >= 0.6 is 0 Å². The van der Waals surface area contributed by atoms with Crippen molar-refractivity contribution < 1.29 is 4.52 Å². The van der Waals surface area contributed by atoms with Gasteiger partial charge in [0, 0.05) is 23.2 Å². The molecule has 0 aliphatic rings. The minimum atomic E-state index is 0.0846. The zero-order valence-electron chi connectivity index (χ0n) is 15.9. The van der Waals surface area contributed by atoms with E-state index < -0.39 is 0 Å². The van der Waals surface area contributed by atoms with Crippen LogP contribution in [0.5, 0.6) is 0 Å². The van der Waals surface area contributed by atoms with E-state index >= 15 is 0 Å². The molecule has 138 valence electrons. The van der Waals surface area contributed by atoms with Gasteiger partial charge in [0.15, 0.2) is 0 Å². The van der Waals surface area contributed by atoms with Crippen molar-refractivity contribution >= 4 is 23.3 Å². The van der Waals surface area contributed by atoms with Crippen LogP contribution in [0.2, 0.25) is 0 Å². The SMILES string of the molecule is Cc1cc(C(C)(C)C)on1.Cc1ccc(Nc2cc(N)nc(N)n2)cc1. The number of hydrogen-bond acceptors (Lipinski definition) is 7. The smallest absolute Gasteiger partial charge is 0.223 e. The van der Waals surface area contributed by atoms with E-state index in [1.165, 1.54) is 5.56 Å². The lowest BCUT2D eigenvalue weighted by Crippen LogP contribution is -2.09. The molecule has 0 saturated carbocycles. The topological polar surface area (TPSA) is 116 Å². The number of nitrogens with one attached hydrogen (secondary N) is 1. The second-order valence-electron chi connectivity index (χ2n) is 7.11. The first-order valence-corrected chi connectivity index (χ1v) is 8.31. The second-order valence-corrected chi connectivity index (χ2v) is 7.11. The van der Waals surface area contributed by atoms with Gasteiger partial charge in [0.1, 0.15) is 17.4 Å². The summed E-state index contributed by atoms with van der Waals surface area (Å²) in [5.74, 6) is 2.05. The lowest BCUT2D eigenvalue weighted by molar-refractivity contribution is 0.327. The predicted molar refractivity (Wildman–Crippen MR) is 105 cm³/mol. The van der Waals surface area contributed by atoms with Crippen LogP contribution in [0, 0.1) is 13.8 Å². The monoisotopic (exact) mass is 354 g/mol. The molecule has 0 unspecified atom stereocenters. The van der Waals surface area contributed by atoms with Crippen molar-refractivity contribution in [2.45, 2.75) is 40.0 Å². The molecule has 3 rings (SSSR count). The van der Waals surface area contributed by atoms with E-state index in [4.69, 9.17) is 16.0 Å². The fourth-order valence-electron chi connectivity index (χ4n) is 2.05. The summed E-state index contributed by atoms with van der Waals surface area (Å²) in [6, 6.07) is 11.6. The van der Waals surface area contributed by atoms with Crippen molar-refractivity contribution in [3.8, 4) is 0 Å². The molecule has 1 aromatic carbocycles. The normalized spacial score (nSPS) is 10.8. The third-order valence-corrected chi connectivity index (χ3v) is 3.45. The second kappa shape index (κ2) is 7.86. The number of nitrogens with zero attached hydrogens (tertiary/aromatic N) is 3. The molecule has 0 amide bonds. The number of rotatable bonds is 2. The Morgan fingerprint density at radius 1 is 0.962 bits per heavy atom. The van der Waals surface area contributed by atoms with E-state index in [1.54, 1.807) is 6.07 Å². The largest absolute Gasteiger partial charge is 0.383 e. The number of aromatic nitrogens is 3. The summed E-state index contributed by atoms with van der Waals surface area (Å²) in [6.45, 7) is 10.3. The molecule has 0 aliphatic heterocycles. The molecule has 0 saturated heterocycles. The molecule has 26 heavy (non-hydrogen) atoms. The standard InChI is InChI=1S/C11H13N5.C8H13NO/c1-7-2-4-8(5-3-7)14-10-6-9(12)15-11(13)16-10;1-6-5-7(10-9-6)8(2,3)4/h2-6H,1H3,(H5,12,13,14,15,16);5H,1-4H3. The van der Waals surface area contributed by atoms with Crippen molar-refractivity contribution in [1.82, 2.24) is 15.1 Å². The molecule has 2 heterocycles. The van der Waals surface area contributed by atoms with Crippen LogP contribution in [0.3, 0.4) is 0 Å². The summed E-state index contributed by atoms with van der Waals surface area (Å²) >= 11 is 0. The molecule has 0 bridgehead atoms. The van der Waals surface area contributed by atoms with E-state index in [0.717, 1.165) is 17.1 Å². The average Bonchev–Trinajstić information content (AvgIpc) is 2.96. The Kier molecular flexibility index (Phi) is 5.82. The number of hydrogen-bond donors (Lipinski definition) is 3. The van der Waals surface area contributed by atoms with E-state index in [1.807, 2.05) is 44.2 Å². The molecule has 0 fully saturated rings. The molecular weight excluding hydrogens is 328 g/mol. The predicted octanol–water partition coefficient (Wildman–Crippen LogP) is 3.97. The van der Waals surface area contributed by atoms with Crippen LogP contribution in [-0.4, -0.2) is 15.1 Å². The summed E-state index contributed by atoms with van der Waals surface area (Å²) in [5.41, 5.74) is 14.2. The van der Waals surface area contributed by atoms with Gasteiger partial charge >= 0.3 is 0 Å². The van der Waals surface area contributed by atoms with E-state index in [9.17, 15) is 0 Å². The zero-order valence-corrected chi connectivity index (χ0v) is 15.9. The van der Waals surface area contributed by atoms with Crippen molar-refractivity contribution in [2.75, 3.05) is 16.8 Å². The highest BCUT2D eigenvalue weighted by Gasteiger charge is 2.18. The summed E-state index contributed by atoms with van der Waals surface area (Å²) < 4.78 is 5.08. The molecular formula is C19H26N6O. The van der Waals surface area contributed by atoms with Crippen molar-refractivity contribution in [3.63, 3.8) is 0 Å². The molecule has 0 radical (unpaired) electrons. The Bertz CT molecular complexity index is 829. The Morgan fingerprint density at radius 2 is 1.62 bits per heavy atom. The minimum Gasteiger partial charge on any atom is -0.383 e. The summed E-state index contributed by atoms with van der Waals surface area (Å²) in [5, 5.41) is 6.91. The summed E-state index contributed by atoms with van der Waals surface area (Å²) in [6.07, 6.45) is 0. The molecule has 2 aromatic heterocycles. The minimum absolute atomic E-state index is 0.0846. The first-order valence-electron chi connectivity index (χ1n) is 8.31. The molecule has 0 atom stereocenters. The third kappa shape index (κ3) is 5.77. The van der Waals surface area contributed by atoms with Gasteiger partial charge in [-0.05, 0) is 26.0 Å². The number of benzene rings is 1. The highest BCUT2D eigenvalue weighted by Crippen LogP contribution is 2.22. The van der Waals surface area contributed by atoms with Crippen LogP contribution in [0.25, 0.3) is 0 Å². The van der Waals surface area contributed by atoms with Crippen molar-refractivity contribution in [3.05, 3.63) is 53.4 Å². The quantitative estimate of drug-likeness (QED) is 0.637. The maximum absolute atomic E-state index is 5.57.